The van der Waals surface area contributed by atoms with Crippen LogP contribution in [0.15, 0.2) is 4.79 Å². The average molecular weight is 455 g/mol. The molecule has 1 aromatic rings. The molecule has 0 saturated carbocycles. The third kappa shape index (κ3) is 1.72. The molecular weight excluding hydrogens is 446 g/mol. The molecule has 0 saturated heterocycles. The fourth-order valence-electron chi connectivity index (χ4n) is 1.06. The monoisotopic (exact) mass is 455 g/mol. The van der Waals surface area contributed by atoms with Crippen LogP contribution >= 0.6 is 0 Å². The standard InChI is InChI=1S/C8H9NO.La.Ta/c1-5-4-9-8(10)7(3)6(5)2;;/h1-3H3;;/q-1;;+1. The quantitative estimate of drug-likeness (QED) is 0.551. The predicted molar refractivity (Wildman–Crippen MR) is 39.9 cm³/mol. The van der Waals surface area contributed by atoms with E-state index in [1.54, 1.807) is 0 Å². The molecule has 0 aliphatic carbocycles. The Morgan fingerprint density at radius 2 is 1.67 bits per heavy atom. The van der Waals surface area contributed by atoms with Gasteiger partial charge in [0.2, 0.25) is 0 Å². The number of pyridine rings is 1. The van der Waals surface area contributed by atoms with E-state index in [-0.39, 0.29) is 5.56 Å². The van der Waals surface area contributed by atoms with Crippen molar-refractivity contribution in [3.05, 3.63) is 27.0 Å². The van der Waals surface area contributed by atoms with E-state index in [1.165, 1.54) is 13.2 Å². The fourth-order valence-corrected chi connectivity index (χ4v) is 3.19. The van der Waals surface area contributed by atoms with Gasteiger partial charge >= 0.3 is 108 Å². The molecular formula is C8H9LaNOTa. The zero-order valence-corrected chi connectivity index (χ0v) is 14.2. The molecule has 0 spiro atoms. The van der Waals surface area contributed by atoms with E-state index in [4.69, 9.17) is 0 Å². The van der Waals surface area contributed by atoms with Crippen molar-refractivity contribution in [2.24, 2.45) is 0 Å². The van der Waals surface area contributed by atoms with Crippen LogP contribution in [0.3, 0.4) is 0 Å². The second-order valence-electron chi connectivity index (χ2n) is 2.88. The topological polar surface area (TPSA) is 22.0 Å². The van der Waals surface area contributed by atoms with Crippen LogP contribution in [0, 0.1) is 54.5 Å². The number of hydrogen-bond acceptors (Lipinski definition) is 1. The van der Waals surface area contributed by atoms with Crippen LogP contribution in [0.4, 0.5) is 0 Å². The molecule has 0 aromatic carbocycles. The van der Waals surface area contributed by atoms with E-state index in [0.29, 0.717) is 0 Å². The first-order valence-corrected chi connectivity index (χ1v) is 6.89. The number of aromatic nitrogens is 1. The van der Waals surface area contributed by atoms with Crippen LogP contribution in [0.25, 0.3) is 0 Å². The molecule has 0 fully saturated rings. The zero-order chi connectivity index (χ0) is 9.46. The van der Waals surface area contributed by atoms with Crippen molar-refractivity contribution in [3.63, 3.8) is 0 Å². The number of nitrogens with zero attached hydrogens (tertiary/aromatic N) is 1. The van der Waals surface area contributed by atoms with Gasteiger partial charge in [-0.05, 0) is 0 Å². The molecule has 0 bridgehead atoms. The van der Waals surface area contributed by atoms with Crippen molar-refractivity contribution in [2.45, 2.75) is 20.8 Å². The summed E-state index contributed by atoms with van der Waals surface area (Å²) < 4.78 is 3.17. The van der Waals surface area contributed by atoms with Gasteiger partial charge in [-0.3, -0.25) is 0 Å². The van der Waals surface area contributed by atoms with Gasteiger partial charge in [0.1, 0.15) is 0 Å². The van der Waals surface area contributed by atoms with Crippen molar-refractivity contribution in [3.8, 4) is 0 Å². The Morgan fingerprint density at radius 3 is 2.17 bits per heavy atom. The Labute approximate surface area is 107 Å². The third-order valence-corrected chi connectivity index (χ3v) is 8.41. The van der Waals surface area contributed by atoms with Crippen molar-refractivity contribution < 1.29 is 55.1 Å². The van der Waals surface area contributed by atoms with Crippen LogP contribution in [0.5, 0.6) is 0 Å². The van der Waals surface area contributed by atoms with Gasteiger partial charge in [-0.1, -0.05) is 0 Å². The van der Waals surface area contributed by atoms with Crippen molar-refractivity contribution in [2.75, 3.05) is 0 Å². The van der Waals surface area contributed by atoms with Gasteiger partial charge in [-0.2, -0.15) is 0 Å². The SMILES string of the molecule is Cc1c(C)[c]([La])[n]([Ta])c(=O)c1C. The summed E-state index contributed by atoms with van der Waals surface area (Å²) in [5.74, 6) is 0. The van der Waals surface area contributed by atoms with Crippen molar-refractivity contribution in [1.82, 2.24) is 2.97 Å². The van der Waals surface area contributed by atoms with E-state index in [9.17, 15) is 4.79 Å². The summed E-state index contributed by atoms with van der Waals surface area (Å²) >= 11 is 1.78. The van der Waals surface area contributed by atoms with Gasteiger partial charge in [-0.15, -0.1) is 0 Å². The van der Waals surface area contributed by atoms with E-state index in [1.807, 2.05) is 16.8 Å². The first-order valence-electron chi connectivity index (χ1n) is 3.64. The first-order chi connectivity index (χ1) is 5.46. The second kappa shape index (κ2) is 3.95. The second-order valence-corrected chi connectivity index (χ2v) is 6.03. The van der Waals surface area contributed by atoms with Crippen LogP contribution in [-0.4, -0.2) is 2.97 Å². The minimum absolute atomic E-state index is 0.212. The van der Waals surface area contributed by atoms with E-state index < -0.39 is 0 Å². The molecule has 4 heteroatoms. The number of rotatable bonds is 0. The summed E-state index contributed by atoms with van der Waals surface area (Å²) in [7, 11) is 0. The predicted octanol–water partition coefficient (Wildman–Crippen LogP) is 0.258. The fraction of sp³-hybridized carbons (Fsp3) is 0.375. The van der Waals surface area contributed by atoms with Crippen LogP contribution < -0.4 is 7.66 Å². The average Bonchev–Trinajstić information content (AvgIpc) is 2.08. The van der Waals surface area contributed by atoms with Crippen LogP contribution in [0.1, 0.15) is 16.7 Å². The molecule has 0 aliphatic rings. The molecule has 0 aliphatic heterocycles. The molecule has 0 atom stereocenters. The van der Waals surface area contributed by atoms with Crippen molar-refractivity contribution in [1.29, 1.82) is 0 Å². The van der Waals surface area contributed by atoms with E-state index in [0.717, 1.165) is 60.6 Å². The summed E-state index contributed by atoms with van der Waals surface area (Å²) in [5.41, 5.74) is 3.63. The molecule has 0 radical (unpaired) electrons. The molecule has 0 amide bonds. The molecule has 0 N–H and O–H groups in total. The van der Waals surface area contributed by atoms with Gasteiger partial charge in [0.05, 0.1) is 0 Å². The van der Waals surface area contributed by atoms with E-state index in [2.05, 4.69) is 6.92 Å². The molecule has 2 nitrogen and oxygen atoms in total. The maximum atomic E-state index is 11.6. The Bertz CT molecular complexity index is 351. The Kier molecular flexibility index (Phi) is 3.61. The molecule has 1 heterocycles. The Hall–Kier alpha value is 0.885. The minimum atomic E-state index is 0.212. The molecule has 1 aromatic heterocycles. The normalized spacial score (nSPS) is 10.2. The van der Waals surface area contributed by atoms with E-state index >= 15 is 0 Å². The number of hydrogen-bond donors (Lipinski definition) is 0. The third-order valence-electron chi connectivity index (χ3n) is 2.25. The van der Waals surface area contributed by atoms with Crippen LogP contribution in [0.2, 0.25) is 0 Å². The Balaban J connectivity index is 3.73. The van der Waals surface area contributed by atoms with Gasteiger partial charge in [-0.25, -0.2) is 0 Å². The van der Waals surface area contributed by atoms with Gasteiger partial charge < -0.3 is 0 Å². The molecule has 1 rings (SSSR count). The first kappa shape index (κ1) is 11.0. The Morgan fingerprint density at radius 1 is 1.17 bits per heavy atom. The van der Waals surface area contributed by atoms with Crippen LogP contribution in [-0.2, 0) is 21.3 Å². The summed E-state index contributed by atoms with van der Waals surface area (Å²) in [6.07, 6.45) is 0. The van der Waals surface area contributed by atoms with Gasteiger partial charge in [0.25, 0.3) is 0 Å². The van der Waals surface area contributed by atoms with Gasteiger partial charge in [0.15, 0.2) is 0 Å². The van der Waals surface area contributed by atoms with Crippen molar-refractivity contribution >= 4 is 2.10 Å². The molecule has 12 heavy (non-hydrogen) atoms. The maximum absolute atomic E-state index is 11.6. The van der Waals surface area contributed by atoms with Gasteiger partial charge in [0, 0.05) is 0 Å². The summed E-state index contributed by atoms with van der Waals surface area (Å²) in [5, 5.41) is 0. The molecule has 0 unspecified atom stereocenters. The summed E-state index contributed by atoms with van der Waals surface area (Å²) in [6.45, 7) is 6.07. The molecule has 60 valence electrons. The summed E-state index contributed by atoms with van der Waals surface area (Å²) in [6, 6.07) is 0. The summed E-state index contributed by atoms with van der Waals surface area (Å²) in [4.78, 5) is 11.6. The zero-order valence-electron chi connectivity index (χ0n) is 7.38.